The highest BCUT2D eigenvalue weighted by molar-refractivity contribution is 6.33. The Balaban J connectivity index is 1.75. The zero-order valence-electron chi connectivity index (χ0n) is 11.3. The van der Waals surface area contributed by atoms with Gasteiger partial charge in [0.1, 0.15) is 10.3 Å². The van der Waals surface area contributed by atoms with E-state index in [1.54, 1.807) is 12.1 Å². The van der Waals surface area contributed by atoms with E-state index in [2.05, 4.69) is 17.1 Å². The largest absolute Gasteiger partial charge is 0.338 e. The molecule has 0 aliphatic carbocycles. The van der Waals surface area contributed by atoms with Gasteiger partial charge in [-0.05, 0) is 24.1 Å². The fourth-order valence-corrected chi connectivity index (χ4v) is 3.17. The maximum Gasteiger partial charge on any atom is 0.254 e. The van der Waals surface area contributed by atoms with E-state index >= 15 is 0 Å². The first-order valence-corrected chi connectivity index (χ1v) is 7.56. The number of halogens is 2. The third-order valence-corrected chi connectivity index (χ3v) is 4.14. The Labute approximate surface area is 133 Å². The Hall–Kier alpha value is -1.58. The van der Waals surface area contributed by atoms with Gasteiger partial charge < -0.3 is 4.90 Å². The molecule has 1 atom stereocenters. The van der Waals surface area contributed by atoms with Crippen molar-refractivity contribution < 1.29 is 4.79 Å². The average Bonchev–Trinajstić information content (AvgIpc) is 2.96. The normalized spacial score (nSPS) is 18.0. The Bertz CT molecular complexity index is 640. The first kappa shape index (κ1) is 14.4. The number of carbonyl (C=O) groups excluding carboxylic acids is 1. The molecule has 1 amide bonds. The molecule has 1 aromatic carbocycles. The molecular formula is C16H14Cl2N2O. The van der Waals surface area contributed by atoms with Crippen LogP contribution in [0.1, 0.15) is 28.3 Å². The number of likely N-dealkylation sites (tertiary alicyclic amines) is 1. The second-order valence-electron chi connectivity index (χ2n) is 5.15. The SMILES string of the molecule is O=C(c1cc(Cl)nc(Cl)c1)N1CCC(c2ccccc2)C1. The van der Waals surface area contributed by atoms with E-state index in [1.165, 1.54) is 5.56 Å². The lowest BCUT2D eigenvalue weighted by Crippen LogP contribution is -2.28. The molecule has 1 aliphatic rings. The van der Waals surface area contributed by atoms with Crippen molar-refractivity contribution in [2.45, 2.75) is 12.3 Å². The van der Waals surface area contributed by atoms with E-state index in [-0.39, 0.29) is 16.2 Å². The molecule has 1 saturated heterocycles. The topological polar surface area (TPSA) is 33.2 Å². The minimum Gasteiger partial charge on any atom is -0.338 e. The van der Waals surface area contributed by atoms with Crippen LogP contribution in [0.15, 0.2) is 42.5 Å². The first-order valence-electron chi connectivity index (χ1n) is 6.81. The van der Waals surface area contributed by atoms with Crippen LogP contribution in [0.4, 0.5) is 0 Å². The molecule has 5 heteroatoms. The van der Waals surface area contributed by atoms with Crippen LogP contribution < -0.4 is 0 Å². The lowest BCUT2D eigenvalue weighted by atomic mass is 9.99. The van der Waals surface area contributed by atoms with Crippen molar-refractivity contribution in [3.05, 3.63) is 63.9 Å². The summed E-state index contributed by atoms with van der Waals surface area (Å²) < 4.78 is 0. The fourth-order valence-electron chi connectivity index (χ4n) is 2.71. The summed E-state index contributed by atoms with van der Waals surface area (Å²) in [5, 5.41) is 0.481. The van der Waals surface area contributed by atoms with Crippen molar-refractivity contribution in [2.75, 3.05) is 13.1 Å². The van der Waals surface area contributed by atoms with Crippen molar-refractivity contribution in [1.29, 1.82) is 0 Å². The number of amides is 1. The molecule has 0 bridgehead atoms. The Morgan fingerprint density at radius 2 is 1.81 bits per heavy atom. The summed E-state index contributed by atoms with van der Waals surface area (Å²) in [7, 11) is 0. The van der Waals surface area contributed by atoms with E-state index < -0.39 is 0 Å². The molecule has 2 aromatic rings. The maximum absolute atomic E-state index is 12.5. The minimum atomic E-state index is -0.0420. The molecule has 1 unspecified atom stereocenters. The second kappa shape index (κ2) is 6.04. The predicted octanol–water partition coefficient (Wildman–Crippen LogP) is 4.02. The lowest BCUT2D eigenvalue weighted by molar-refractivity contribution is 0.0790. The van der Waals surface area contributed by atoms with Gasteiger partial charge >= 0.3 is 0 Å². The zero-order valence-corrected chi connectivity index (χ0v) is 12.8. The van der Waals surface area contributed by atoms with Crippen molar-refractivity contribution in [1.82, 2.24) is 9.88 Å². The van der Waals surface area contributed by atoms with E-state index in [4.69, 9.17) is 23.2 Å². The molecule has 21 heavy (non-hydrogen) atoms. The van der Waals surface area contributed by atoms with Gasteiger partial charge in [-0.25, -0.2) is 4.98 Å². The number of rotatable bonds is 2. The van der Waals surface area contributed by atoms with Crippen LogP contribution in [0, 0.1) is 0 Å². The molecule has 0 spiro atoms. The average molecular weight is 321 g/mol. The molecule has 0 radical (unpaired) electrons. The molecular weight excluding hydrogens is 307 g/mol. The number of aromatic nitrogens is 1. The van der Waals surface area contributed by atoms with Crippen LogP contribution in [-0.4, -0.2) is 28.9 Å². The summed E-state index contributed by atoms with van der Waals surface area (Å²) in [6.45, 7) is 1.47. The third-order valence-electron chi connectivity index (χ3n) is 3.76. The van der Waals surface area contributed by atoms with Crippen molar-refractivity contribution in [3.8, 4) is 0 Å². The zero-order chi connectivity index (χ0) is 14.8. The van der Waals surface area contributed by atoms with Crippen LogP contribution in [0.5, 0.6) is 0 Å². The Morgan fingerprint density at radius 3 is 2.48 bits per heavy atom. The summed E-state index contributed by atoms with van der Waals surface area (Å²) in [5.74, 6) is 0.350. The number of pyridine rings is 1. The second-order valence-corrected chi connectivity index (χ2v) is 5.92. The molecule has 3 rings (SSSR count). The van der Waals surface area contributed by atoms with Gasteiger partial charge in [-0.2, -0.15) is 0 Å². The highest BCUT2D eigenvalue weighted by atomic mass is 35.5. The Morgan fingerprint density at radius 1 is 1.14 bits per heavy atom. The van der Waals surface area contributed by atoms with Crippen LogP contribution in [0.2, 0.25) is 10.3 Å². The first-order chi connectivity index (χ1) is 10.1. The monoisotopic (exact) mass is 320 g/mol. The van der Waals surface area contributed by atoms with Gasteiger partial charge in [-0.15, -0.1) is 0 Å². The van der Waals surface area contributed by atoms with Gasteiger partial charge in [0.05, 0.1) is 0 Å². The highest BCUT2D eigenvalue weighted by Gasteiger charge is 2.28. The van der Waals surface area contributed by atoms with Gasteiger partial charge in [0.2, 0.25) is 0 Å². The maximum atomic E-state index is 12.5. The summed E-state index contributed by atoms with van der Waals surface area (Å²) in [6, 6.07) is 13.4. The van der Waals surface area contributed by atoms with E-state index in [9.17, 15) is 4.79 Å². The molecule has 1 aromatic heterocycles. The molecule has 0 saturated carbocycles. The van der Waals surface area contributed by atoms with Crippen LogP contribution >= 0.6 is 23.2 Å². The van der Waals surface area contributed by atoms with Crippen LogP contribution in [-0.2, 0) is 0 Å². The van der Waals surface area contributed by atoms with E-state index in [1.807, 2.05) is 23.1 Å². The number of hydrogen-bond acceptors (Lipinski definition) is 2. The van der Waals surface area contributed by atoms with Crippen LogP contribution in [0.3, 0.4) is 0 Å². The highest BCUT2D eigenvalue weighted by Crippen LogP contribution is 2.28. The van der Waals surface area contributed by atoms with Gasteiger partial charge in [-0.1, -0.05) is 53.5 Å². The summed E-state index contributed by atoms with van der Waals surface area (Å²) in [6.07, 6.45) is 0.975. The Kier molecular flexibility index (Phi) is 4.13. The van der Waals surface area contributed by atoms with Gasteiger partial charge in [0.25, 0.3) is 5.91 Å². The minimum absolute atomic E-state index is 0.0420. The van der Waals surface area contributed by atoms with Gasteiger partial charge in [-0.3, -0.25) is 4.79 Å². The summed E-state index contributed by atoms with van der Waals surface area (Å²) >= 11 is 11.7. The van der Waals surface area contributed by atoms with Crippen molar-refractivity contribution in [3.63, 3.8) is 0 Å². The lowest BCUT2D eigenvalue weighted by Gasteiger charge is -2.17. The fraction of sp³-hybridized carbons (Fsp3) is 0.250. The molecule has 1 fully saturated rings. The standard InChI is InChI=1S/C16H14Cl2N2O/c17-14-8-13(9-15(18)19-14)16(21)20-7-6-12(10-20)11-4-2-1-3-5-11/h1-5,8-9,12H,6-7,10H2. The van der Waals surface area contributed by atoms with E-state index in [0.29, 0.717) is 11.5 Å². The third kappa shape index (κ3) is 3.20. The molecule has 108 valence electrons. The number of benzene rings is 1. The van der Waals surface area contributed by atoms with E-state index in [0.717, 1.165) is 19.5 Å². The van der Waals surface area contributed by atoms with Crippen molar-refractivity contribution >= 4 is 29.1 Å². The predicted molar refractivity (Wildman–Crippen MR) is 84.0 cm³/mol. The smallest absolute Gasteiger partial charge is 0.254 e. The molecule has 0 N–H and O–H groups in total. The number of hydrogen-bond donors (Lipinski definition) is 0. The summed E-state index contributed by atoms with van der Waals surface area (Å²) in [5.41, 5.74) is 1.77. The van der Waals surface area contributed by atoms with Crippen molar-refractivity contribution in [2.24, 2.45) is 0 Å². The molecule has 1 aliphatic heterocycles. The van der Waals surface area contributed by atoms with Gasteiger partial charge in [0.15, 0.2) is 0 Å². The summed E-state index contributed by atoms with van der Waals surface area (Å²) in [4.78, 5) is 18.2. The van der Waals surface area contributed by atoms with Crippen LogP contribution in [0.25, 0.3) is 0 Å². The quantitative estimate of drug-likeness (QED) is 0.783. The number of nitrogens with zero attached hydrogens (tertiary/aromatic N) is 2. The number of carbonyl (C=O) groups is 1. The molecule has 2 heterocycles. The van der Waals surface area contributed by atoms with Gasteiger partial charge in [0, 0.05) is 24.6 Å². The molecule has 3 nitrogen and oxygen atoms in total.